The number of nitrogens with zero attached hydrogens (tertiary/aromatic N) is 3. The minimum Gasteiger partial charge on any atom is -0.292 e. The second kappa shape index (κ2) is 7.19. The van der Waals surface area contributed by atoms with Gasteiger partial charge in [0, 0.05) is 14.9 Å². The predicted octanol–water partition coefficient (Wildman–Crippen LogP) is 4.65. The zero-order valence-corrected chi connectivity index (χ0v) is 18.6. The number of rotatable bonds is 3. The third-order valence-electron chi connectivity index (χ3n) is 5.62. The summed E-state index contributed by atoms with van der Waals surface area (Å²) in [7, 11) is 0. The lowest BCUT2D eigenvalue weighted by Crippen LogP contribution is -2.29. The smallest absolute Gasteiger partial charge is 0.279 e. The van der Waals surface area contributed by atoms with Crippen LogP contribution in [0.2, 0.25) is 0 Å². The largest absolute Gasteiger partial charge is 0.292 e. The van der Waals surface area contributed by atoms with E-state index < -0.39 is 0 Å². The van der Waals surface area contributed by atoms with Gasteiger partial charge in [0.1, 0.15) is 6.54 Å². The number of fused-ring (bicyclic) bond motifs is 3. The van der Waals surface area contributed by atoms with Crippen molar-refractivity contribution >= 4 is 43.3 Å². The molecule has 5 nitrogen and oxygen atoms in total. The molecule has 1 aliphatic rings. The Kier molecular flexibility index (Phi) is 5.00. The molecule has 0 amide bonds. The van der Waals surface area contributed by atoms with Crippen LogP contribution in [0.3, 0.4) is 0 Å². The van der Waals surface area contributed by atoms with Crippen molar-refractivity contribution in [3.05, 3.63) is 55.1 Å². The maximum Gasteiger partial charge on any atom is 0.279 e. The van der Waals surface area contributed by atoms with Crippen LogP contribution in [0.1, 0.15) is 48.0 Å². The van der Waals surface area contributed by atoms with Gasteiger partial charge in [0.05, 0.1) is 5.39 Å². The van der Waals surface area contributed by atoms with Crippen molar-refractivity contribution in [1.82, 2.24) is 15.0 Å². The molecule has 146 valence electrons. The van der Waals surface area contributed by atoms with Gasteiger partial charge in [-0.25, -0.2) is 4.68 Å². The fourth-order valence-electron chi connectivity index (χ4n) is 3.83. The first-order valence-electron chi connectivity index (χ1n) is 9.41. The number of ketones is 1. The van der Waals surface area contributed by atoms with Crippen molar-refractivity contribution in [3.63, 3.8) is 0 Å². The Bertz CT molecular complexity index is 1110. The number of hydrogen-bond donors (Lipinski definition) is 0. The number of hydrogen-bond acceptors (Lipinski definition) is 5. The minimum absolute atomic E-state index is 0.0986. The van der Waals surface area contributed by atoms with Crippen LogP contribution >= 0.6 is 27.3 Å². The molecule has 0 saturated heterocycles. The van der Waals surface area contributed by atoms with Crippen LogP contribution in [0.4, 0.5) is 0 Å². The van der Waals surface area contributed by atoms with Crippen molar-refractivity contribution < 1.29 is 4.79 Å². The van der Waals surface area contributed by atoms with E-state index in [1.807, 2.05) is 12.1 Å². The monoisotopic (exact) mass is 459 g/mol. The summed E-state index contributed by atoms with van der Waals surface area (Å²) < 4.78 is 2.11. The molecule has 2 heterocycles. The summed E-state index contributed by atoms with van der Waals surface area (Å²) in [5.74, 6) is 0.447. The molecule has 1 atom stereocenters. The number of Topliss-reactive ketones (excluding diaryl/α,β-unsaturated/α-hetero) is 1. The molecule has 0 spiro atoms. The molecule has 2 aromatic heterocycles. The predicted molar refractivity (Wildman–Crippen MR) is 115 cm³/mol. The molecule has 0 radical (unpaired) electrons. The van der Waals surface area contributed by atoms with E-state index >= 15 is 0 Å². The van der Waals surface area contributed by atoms with Gasteiger partial charge in [0.15, 0.2) is 10.6 Å². The van der Waals surface area contributed by atoms with E-state index in [0.29, 0.717) is 21.7 Å². The quantitative estimate of drug-likeness (QED) is 0.534. The summed E-state index contributed by atoms with van der Waals surface area (Å²) in [5, 5.41) is 8.96. The van der Waals surface area contributed by atoms with E-state index in [1.165, 1.54) is 9.56 Å². The van der Waals surface area contributed by atoms with Gasteiger partial charge in [-0.1, -0.05) is 54.0 Å². The highest BCUT2D eigenvalue weighted by Crippen LogP contribution is 2.41. The van der Waals surface area contributed by atoms with Gasteiger partial charge >= 0.3 is 0 Å². The Balaban J connectivity index is 1.67. The van der Waals surface area contributed by atoms with E-state index in [2.05, 4.69) is 47.0 Å². The van der Waals surface area contributed by atoms with Crippen molar-refractivity contribution in [2.24, 2.45) is 11.3 Å². The molecule has 7 heteroatoms. The van der Waals surface area contributed by atoms with Gasteiger partial charge in [0.25, 0.3) is 5.56 Å². The summed E-state index contributed by atoms with van der Waals surface area (Å²) in [5.41, 5.74) is 1.71. The molecule has 0 bridgehead atoms. The first kappa shape index (κ1) is 19.5. The molecule has 4 rings (SSSR count). The van der Waals surface area contributed by atoms with Crippen molar-refractivity contribution in [3.8, 4) is 0 Å². The summed E-state index contributed by atoms with van der Waals surface area (Å²) in [6, 6.07) is 7.10. The number of halogens is 1. The maximum atomic E-state index is 13.1. The molecule has 1 aliphatic carbocycles. The molecule has 0 fully saturated rings. The molecular weight excluding hydrogens is 438 g/mol. The topological polar surface area (TPSA) is 64.8 Å². The molecule has 28 heavy (non-hydrogen) atoms. The van der Waals surface area contributed by atoms with Crippen LogP contribution in [0.25, 0.3) is 10.2 Å². The fraction of sp³-hybridized carbons (Fsp3) is 0.429. The van der Waals surface area contributed by atoms with Crippen LogP contribution in [-0.4, -0.2) is 20.8 Å². The van der Waals surface area contributed by atoms with Crippen LogP contribution in [0.15, 0.2) is 33.5 Å². The number of thiophene rings is 1. The highest BCUT2D eigenvalue weighted by Gasteiger charge is 2.32. The SMILES string of the molecule is CC(C)(C)C1CCc2c(sc3nnn(CC(=O)c4ccc(Br)cc4)c(=O)c23)C1. The van der Waals surface area contributed by atoms with Crippen molar-refractivity contribution in [1.29, 1.82) is 0 Å². The molecule has 3 aromatic rings. The maximum absolute atomic E-state index is 13.1. The standard InChI is InChI=1S/C21H22BrN3O2S/c1-21(2,3)13-6-9-15-17(10-13)28-19-18(15)20(27)25(24-23-19)11-16(26)12-4-7-14(22)8-5-12/h4-5,7-8,13H,6,9-11H2,1-3H3. The Morgan fingerprint density at radius 2 is 2.00 bits per heavy atom. The average molecular weight is 460 g/mol. The third-order valence-corrected chi connectivity index (χ3v) is 7.29. The van der Waals surface area contributed by atoms with Crippen molar-refractivity contribution in [2.45, 2.75) is 46.6 Å². The average Bonchev–Trinajstić information content (AvgIpc) is 3.02. The highest BCUT2D eigenvalue weighted by atomic mass is 79.9. The van der Waals surface area contributed by atoms with Crippen LogP contribution in [0, 0.1) is 11.3 Å². The Morgan fingerprint density at radius 3 is 2.68 bits per heavy atom. The zero-order valence-electron chi connectivity index (χ0n) is 16.2. The second-order valence-electron chi connectivity index (χ2n) is 8.47. The summed E-state index contributed by atoms with van der Waals surface area (Å²) in [4.78, 5) is 27.6. The van der Waals surface area contributed by atoms with E-state index in [4.69, 9.17) is 0 Å². The van der Waals surface area contributed by atoms with Crippen LogP contribution in [-0.2, 0) is 19.4 Å². The molecule has 0 saturated carbocycles. The van der Waals surface area contributed by atoms with E-state index in [9.17, 15) is 9.59 Å². The lowest BCUT2D eigenvalue weighted by atomic mass is 9.72. The second-order valence-corrected chi connectivity index (χ2v) is 10.5. The van der Waals surface area contributed by atoms with Gasteiger partial charge < -0.3 is 0 Å². The lowest BCUT2D eigenvalue weighted by Gasteiger charge is -2.33. The van der Waals surface area contributed by atoms with Crippen LogP contribution < -0.4 is 5.56 Å². The first-order valence-corrected chi connectivity index (χ1v) is 11.0. The first-order chi connectivity index (χ1) is 13.2. The van der Waals surface area contributed by atoms with Gasteiger partial charge in [0.2, 0.25) is 0 Å². The molecule has 0 N–H and O–H groups in total. The normalized spacial score (nSPS) is 16.9. The van der Waals surface area contributed by atoms with E-state index in [-0.39, 0.29) is 23.3 Å². The summed E-state index contributed by atoms with van der Waals surface area (Å²) in [6.07, 6.45) is 2.94. The number of aryl methyl sites for hydroxylation is 1. The number of aromatic nitrogens is 3. The third kappa shape index (κ3) is 3.57. The Morgan fingerprint density at radius 1 is 1.29 bits per heavy atom. The fourth-order valence-corrected chi connectivity index (χ4v) is 5.33. The van der Waals surface area contributed by atoms with Gasteiger partial charge in [-0.3, -0.25) is 9.59 Å². The molecule has 1 aromatic carbocycles. The number of carbonyl (C=O) groups is 1. The lowest BCUT2D eigenvalue weighted by molar-refractivity contribution is 0.0964. The zero-order chi connectivity index (χ0) is 20.1. The van der Waals surface area contributed by atoms with Crippen LogP contribution in [0.5, 0.6) is 0 Å². The molecular formula is C21H22BrN3O2S. The highest BCUT2D eigenvalue weighted by molar-refractivity contribution is 9.10. The van der Waals surface area contributed by atoms with Crippen molar-refractivity contribution in [2.75, 3.05) is 0 Å². The molecule has 1 unspecified atom stereocenters. The van der Waals surface area contributed by atoms with Gasteiger partial charge in [-0.15, -0.1) is 16.4 Å². The molecule has 0 aliphatic heterocycles. The van der Waals surface area contributed by atoms with E-state index in [0.717, 1.165) is 29.3 Å². The summed E-state index contributed by atoms with van der Waals surface area (Å²) in [6.45, 7) is 6.72. The Labute approximate surface area is 175 Å². The van der Waals surface area contributed by atoms with Gasteiger partial charge in [-0.2, -0.15) is 0 Å². The minimum atomic E-state index is -0.206. The summed E-state index contributed by atoms with van der Waals surface area (Å²) >= 11 is 4.94. The van der Waals surface area contributed by atoms with Gasteiger partial charge in [-0.05, 0) is 48.3 Å². The number of carbonyl (C=O) groups excluding carboxylic acids is 1. The number of benzene rings is 1. The van der Waals surface area contributed by atoms with E-state index in [1.54, 1.807) is 23.5 Å². The Hall–Kier alpha value is -1.86.